The highest BCUT2D eigenvalue weighted by atomic mass is 35.5. The first-order chi connectivity index (χ1) is 11.8. The van der Waals surface area contributed by atoms with Crippen molar-refractivity contribution in [2.24, 2.45) is 11.7 Å². The van der Waals surface area contributed by atoms with Gasteiger partial charge in [0, 0.05) is 36.3 Å². The molecule has 0 aliphatic carbocycles. The molecule has 0 saturated carbocycles. The number of nitrogens with two attached hydrogens (primary N) is 1. The Morgan fingerprint density at radius 2 is 2.00 bits per heavy atom. The minimum absolute atomic E-state index is 0.123. The molecular weight excluding hydrogens is 362 g/mol. The van der Waals surface area contributed by atoms with E-state index in [2.05, 4.69) is 5.32 Å². The summed E-state index contributed by atoms with van der Waals surface area (Å²) in [4.78, 5) is 0. The van der Waals surface area contributed by atoms with Crippen LogP contribution in [-0.4, -0.2) is 49.3 Å². The number of benzene rings is 1. The lowest BCUT2D eigenvalue weighted by molar-refractivity contribution is 0.242. The Kier molecular flexibility index (Phi) is 5.60. The van der Waals surface area contributed by atoms with Crippen molar-refractivity contribution in [3.8, 4) is 5.75 Å². The molecule has 8 heteroatoms. The van der Waals surface area contributed by atoms with Gasteiger partial charge in [0.1, 0.15) is 5.75 Å². The van der Waals surface area contributed by atoms with Gasteiger partial charge in [-0.15, -0.1) is 0 Å². The molecule has 2 aliphatic rings. The lowest BCUT2D eigenvalue weighted by Gasteiger charge is -2.35. The van der Waals surface area contributed by atoms with Crippen LogP contribution in [0.25, 0.3) is 0 Å². The van der Waals surface area contributed by atoms with Crippen LogP contribution in [0.4, 0.5) is 0 Å². The number of aryl methyl sites for hydroxylation is 1. The average Bonchev–Trinajstić information content (AvgIpc) is 3.13. The van der Waals surface area contributed by atoms with Gasteiger partial charge in [-0.1, -0.05) is 11.6 Å². The number of rotatable bonds is 4. The largest absolute Gasteiger partial charge is 0.508 e. The van der Waals surface area contributed by atoms with Crippen molar-refractivity contribution in [1.82, 2.24) is 9.62 Å². The van der Waals surface area contributed by atoms with Crippen molar-refractivity contribution < 1.29 is 13.5 Å². The second kappa shape index (κ2) is 7.40. The number of hydrogen-bond acceptors (Lipinski definition) is 5. The van der Waals surface area contributed by atoms with Crippen molar-refractivity contribution in [1.29, 1.82) is 0 Å². The fourth-order valence-corrected chi connectivity index (χ4v) is 5.84. The molecule has 1 unspecified atom stereocenters. The van der Waals surface area contributed by atoms with Gasteiger partial charge in [0.15, 0.2) is 0 Å². The summed E-state index contributed by atoms with van der Waals surface area (Å²) in [5.41, 5.74) is 7.81. The van der Waals surface area contributed by atoms with Crippen LogP contribution in [-0.2, 0) is 10.0 Å². The number of nitrogens with zero attached hydrogens (tertiary/aromatic N) is 1. The predicted octanol–water partition coefficient (Wildman–Crippen LogP) is 1.76. The fraction of sp³-hybridized carbons (Fsp3) is 0.647. The summed E-state index contributed by atoms with van der Waals surface area (Å²) < 4.78 is 26.9. The second-order valence-corrected chi connectivity index (χ2v) is 9.70. The third-order valence-corrected chi connectivity index (χ3v) is 8.21. The molecule has 0 amide bonds. The van der Waals surface area contributed by atoms with Gasteiger partial charge in [0.05, 0.1) is 5.25 Å². The summed E-state index contributed by atoms with van der Waals surface area (Å²) in [5.74, 6) is 0.277. The summed E-state index contributed by atoms with van der Waals surface area (Å²) in [6.07, 6.45) is 2.05. The molecule has 2 atom stereocenters. The first-order valence-electron chi connectivity index (χ1n) is 8.75. The van der Waals surface area contributed by atoms with Gasteiger partial charge in [-0.05, 0) is 56.3 Å². The lowest BCUT2D eigenvalue weighted by atomic mass is 9.86. The van der Waals surface area contributed by atoms with Gasteiger partial charge in [-0.3, -0.25) is 0 Å². The number of piperidine rings is 1. The highest BCUT2D eigenvalue weighted by molar-refractivity contribution is 7.89. The third-order valence-electron chi connectivity index (χ3n) is 5.47. The van der Waals surface area contributed by atoms with Gasteiger partial charge in [-0.25, -0.2) is 12.7 Å². The van der Waals surface area contributed by atoms with Crippen molar-refractivity contribution in [3.63, 3.8) is 0 Å². The summed E-state index contributed by atoms with van der Waals surface area (Å²) in [7, 11) is -3.24. The molecule has 3 rings (SSSR count). The number of sulfonamides is 1. The minimum Gasteiger partial charge on any atom is -0.508 e. The molecule has 2 heterocycles. The van der Waals surface area contributed by atoms with Crippen LogP contribution in [0.2, 0.25) is 5.02 Å². The van der Waals surface area contributed by atoms with Gasteiger partial charge in [0.2, 0.25) is 10.0 Å². The molecule has 25 heavy (non-hydrogen) atoms. The smallest absolute Gasteiger partial charge is 0.218 e. The number of hydrogen-bond donors (Lipinski definition) is 3. The van der Waals surface area contributed by atoms with E-state index >= 15 is 0 Å². The zero-order chi connectivity index (χ0) is 18.2. The quantitative estimate of drug-likeness (QED) is 0.731. The molecule has 0 spiro atoms. The molecule has 0 bridgehead atoms. The summed E-state index contributed by atoms with van der Waals surface area (Å²) >= 11 is 6.16. The minimum atomic E-state index is -3.24. The average molecular weight is 388 g/mol. The Morgan fingerprint density at radius 3 is 2.60 bits per heavy atom. The second-order valence-electron chi connectivity index (χ2n) is 7.08. The van der Waals surface area contributed by atoms with E-state index in [1.807, 2.05) is 6.92 Å². The Balaban J connectivity index is 1.67. The zero-order valence-electron chi connectivity index (χ0n) is 14.4. The number of halogens is 1. The highest BCUT2D eigenvalue weighted by Gasteiger charge is 2.37. The van der Waals surface area contributed by atoms with Crippen molar-refractivity contribution >= 4 is 21.6 Å². The van der Waals surface area contributed by atoms with Crippen LogP contribution in [0.1, 0.15) is 36.4 Å². The third kappa shape index (κ3) is 3.80. The highest BCUT2D eigenvalue weighted by Crippen LogP contribution is 2.36. The first kappa shape index (κ1) is 18.9. The normalized spacial score (nSPS) is 24.5. The molecule has 4 N–H and O–H groups in total. The Hall–Kier alpha value is -0.860. The van der Waals surface area contributed by atoms with Crippen LogP contribution in [0.5, 0.6) is 5.75 Å². The first-order valence-corrected chi connectivity index (χ1v) is 10.6. The SMILES string of the molecule is Cc1cc(O)c([C@H](N)C2CCN(S(=O)(=O)C3CCNC3)CC2)cc1Cl. The van der Waals surface area contributed by atoms with Crippen LogP contribution in [0.3, 0.4) is 0 Å². The van der Waals surface area contributed by atoms with E-state index in [4.69, 9.17) is 17.3 Å². The summed E-state index contributed by atoms with van der Waals surface area (Å²) in [6.45, 7) is 4.10. The van der Waals surface area contributed by atoms with E-state index in [9.17, 15) is 13.5 Å². The molecule has 2 fully saturated rings. The van der Waals surface area contributed by atoms with E-state index in [1.165, 1.54) is 0 Å². The number of aromatic hydroxyl groups is 1. The maximum atomic E-state index is 12.7. The van der Waals surface area contributed by atoms with E-state index in [0.717, 1.165) is 12.1 Å². The van der Waals surface area contributed by atoms with Gasteiger partial charge >= 0.3 is 0 Å². The topological polar surface area (TPSA) is 95.7 Å². The number of nitrogens with one attached hydrogen (secondary N) is 1. The monoisotopic (exact) mass is 387 g/mol. The molecule has 6 nitrogen and oxygen atoms in total. The zero-order valence-corrected chi connectivity index (χ0v) is 16.0. The van der Waals surface area contributed by atoms with Crippen LogP contribution >= 0.6 is 11.6 Å². The maximum Gasteiger partial charge on any atom is 0.218 e. The standard InChI is InChI=1S/C17H26ClN3O3S/c1-11-8-16(22)14(9-15(11)18)17(19)12-3-6-21(7-4-12)25(23,24)13-2-5-20-10-13/h8-9,12-13,17,20,22H,2-7,10,19H2,1H3/t13?,17-/m1/s1. The van der Waals surface area contributed by atoms with Gasteiger partial charge < -0.3 is 16.2 Å². The molecule has 1 aromatic carbocycles. The predicted molar refractivity (Wildman–Crippen MR) is 99.3 cm³/mol. The van der Waals surface area contributed by atoms with Crippen LogP contribution in [0, 0.1) is 12.8 Å². The maximum absolute atomic E-state index is 12.7. The molecule has 0 radical (unpaired) electrons. The number of phenolic OH excluding ortho intramolecular Hbond substituents is 1. The van der Waals surface area contributed by atoms with E-state index < -0.39 is 10.0 Å². The molecule has 2 saturated heterocycles. The van der Waals surface area contributed by atoms with Gasteiger partial charge in [0.25, 0.3) is 0 Å². The fourth-order valence-electron chi connectivity index (χ4n) is 3.79. The van der Waals surface area contributed by atoms with Gasteiger partial charge in [-0.2, -0.15) is 0 Å². The summed E-state index contributed by atoms with van der Waals surface area (Å²) in [6, 6.07) is 3.00. The summed E-state index contributed by atoms with van der Waals surface area (Å²) in [5, 5.41) is 13.6. The molecule has 1 aromatic rings. The van der Waals surface area contributed by atoms with Crippen molar-refractivity contribution in [2.75, 3.05) is 26.2 Å². The van der Waals surface area contributed by atoms with E-state index in [-0.39, 0.29) is 23.0 Å². The van der Waals surface area contributed by atoms with Crippen LogP contribution in [0.15, 0.2) is 12.1 Å². The molecule has 140 valence electrons. The molecule has 0 aromatic heterocycles. The van der Waals surface area contributed by atoms with E-state index in [0.29, 0.717) is 49.5 Å². The van der Waals surface area contributed by atoms with E-state index in [1.54, 1.807) is 16.4 Å². The lowest BCUT2D eigenvalue weighted by Crippen LogP contribution is -2.45. The van der Waals surface area contributed by atoms with Crippen LogP contribution < -0.4 is 11.1 Å². The van der Waals surface area contributed by atoms with Crippen molar-refractivity contribution in [2.45, 2.75) is 37.5 Å². The Labute approximate surface area is 154 Å². The van der Waals surface area contributed by atoms with Crippen molar-refractivity contribution in [3.05, 3.63) is 28.3 Å². The molecular formula is C17H26ClN3O3S. The number of phenols is 1. The Bertz CT molecular complexity index is 727. The molecule has 2 aliphatic heterocycles. The Morgan fingerprint density at radius 1 is 1.32 bits per heavy atom.